The Labute approximate surface area is 151 Å². The van der Waals surface area contributed by atoms with Gasteiger partial charge in [0.15, 0.2) is 0 Å². The monoisotopic (exact) mass is 352 g/mol. The summed E-state index contributed by atoms with van der Waals surface area (Å²) >= 11 is 0. The molecule has 26 heavy (non-hydrogen) atoms. The average Bonchev–Trinajstić information content (AvgIpc) is 3.05. The molecule has 0 bridgehead atoms. The van der Waals surface area contributed by atoms with Gasteiger partial charge in [-0.25, -0.2) is 4.79 Å². The molecule has 6 nitrogen and oxygen atoms in total. The smallest absolute Gasteiger partial charge is 0.337 e. The van der Waals surface area contributed by atoms with Crippen molar-refractivity contribution >= 4 is 22.8 Å². The molecule has 0 aliphatic heterocycles. The van der Waals surface area contributed by atoms with Crippen LogP contribution in [0.15, 0.2) is 54.7 Å². The maximum Gasteiger partial charge on any atom is 0.337 e. The van der Waals surface area contributed by atoms with Crippen molar-refractivity contribution in [3.8, 4) is 0 Å². The fourth-order valence-electron chi connectivity index (χ4n) is 2.79. The van der Waals surface area contributed by atoms with Crippen LogP contribution in [0.4, 0.5) is 0 Å². The standard InChI is InChI=1S/C20H20N2O4/c1-22-10-9-15-11-16(7-8-17(15)22)18(23)12-21-19(24)13-3-5-14(6-4-13)20(25)26-2/h3-11,18,23H,12H2,1-2H3,(H,21,24)/t18-/m0/s1. The van der Waals surface area contributed by atoms with Crippen LogP contribution in [-0.4, -0.2) is 35.2 Å². The van der Waals surface area contributed by atoms with E-state index in [1.807, 2.05) is 42.1 Å². The number of aliphatic hydroxyl groups excluding tert-OH is 1. The largest absolute Gasteiger partial charge is 0.465 e. The van der Waals surface area contributed by atoms with E-state index >= 15 is 0 Å². The number of carbonyl (C=O) groups is 2. The van der Waals surface area contributed by atoms with Crippen molar-refractivity contribution in [3.63, 3.8) is 0 Å². The third-order valence-corrected chi connectivity index (χ3v) is 4.32. The number of aromatic nitrogens is 1. The number of aryl methyl sites for hydroxylation is 1. The van der Waals surface area contributed by atoms with Crippen molar-refractivity contribution in [2.75, 3.05) is 13.7 Å². The SMILES string of the molecule is COC(=O)c1ccc(C(=O)NC[C@H](O)c2ccc3c(ccn3C)c2)cc1. The second-order valence-electron chi connectivity index (χ2n) is 6.04. The highest BCUT2D eigenvalue weighted by atomic mass is 16.5. The summed E-state index contributed by atoms with van der Waals surface area (Å²) in [6.07, 6.45) is 1.15. The number of carbonyl (C=O) groups excluding carboxylic acids is 2. The number of amides is 1. The van der Waals surface area contributed by atoms with E-state index in [9.17, 15) is 14.7 Å². The third-order valence-electron chi connectivity index (χ3n) is 4.32. The molecule has 0 radical (unpaired) electrons. The van der Waals surface area contributed by atoms with Crippen LogP contribution in [0.2, 0.25) is 0 Å². The normalized spacial score (nSPS) is 12.0. The van der Waals surface area contributed by atoms with Gasteiger partial charge in [0.25, 0.3) is 5.91 Å². The van der Waals surface area contributed by atoms with Crippen LogP contribution >= 0.6 is 0 Å². The number of rotatable bonds is 5. The number of fused-ring (bicyclic) bond motifs is 1. The molecule has 0 aliphatic carbocycles. The quantitative estimate of drug-likeness (QED) is 0.691. The summed E-state index contributed by atoms with van der Waals surface area (Å²) in [4.78, 5) is 23.6. The highest BCUT2D eigenvalue weighted by Gasteiger charge is 2.13. The highest BCUT2D eigenvalue weighted by Crippen LogP contribution is 2.20. The first-order chi connectivity index (χ1) is 12.5. The minimum Gasteiger partial charge on any atom is -0.465 e. The fourth-order valence-corrected chi connectivity index (χ4v) is 2.79. The Kier molecular flexibility index (Phi) is 5.04. The lowest BCUT2D eigenvalue weighted by Gasteiger charge is -2.13. The van der Waals surface area contributed by atoms with Crippen LogP contribution < -0.4 is 5.32 Å². The van der Waals surface area contributed by atoms with Crippen molar-refractivity contribution in [2.24, 2.45) is 7.05 Å². The molecule has 0 unspecified atom stereocenters. The molecule has 1 heterocycles. The number of aliphatic hydroxyl groups is 1. The van der Waals surface area contributed by atoms with E-state index in [4.69, 9.17) is 0 Å². The Morgan fingerprint density at radius 2 is 1.81 bits per heavy atom. The van der Waals surface area contributed by atoms with Gasteiger partial charge in [0.1, 0.15) is 0 Å². The van der Waals surface area contributed by atoms with E-state index in [0.717, 1.165) is 16.5 Å². The highest BCUT2D eigenvalue weighted by molar-refractivity contribution is 5.96. The van der Waals surface area contributed by atoms with Gasteiger partial charge >= 0.3 is 5.97 Å². The second-order valence-corrected chi connectivity index (χ2v) is 6.04. The van der Waals surface area contributed by atoms with Crippen LogP contribution in [-0.2, 0) is 11.8 Å². The van der Waals surface area contributed by atoms with Gasteiger partial charge in [0, 0.05) is 30.9 Å². The fraction of sp³-hybridized carbons (Fsp3) is 0.200. The van der Waals surface area contributed by atoms with E-state index in [-0.39, 0.29) is 12.5 Å². The van der Waals surface area contributed by atoms with E-state index in [2.05, 4.69) is 10.1 Å². The maximum atomic E-state index is 12.2. The molecule has 0 fully saturated rings. The zero-order valence-electron chi connectivity index (χ0n) is 14.6. The minimum atomic E-state index is -0.808. The van der Waals surface area contributed by atoms with Gasteiger partial charge in [-0.05, 0) is 53.4 Å². The van der Waals surface area contributed by atoms with E-state index in [0.29, 0.717) is 11.1 Å². The number of esters is 1. The summed E-state index contributed by atoms with van der Waals surface area (Å²) in [5.41, 5.74) is 2.60. The first-order valence-corrected chi connectivity index (χ1v) is 8.19. The Hall–Kier alpha value is -3.12. The molecule has 3 rings (SSSR count). The van der Waals surface area contributed by atoms with Gasteiger partial charge in [-0.15, -0.1) is 0 Å². The second kappa shape index (κ2) is 7.41. The first-order valence-electron chi connectivity index (χ1n) is 8.19. The zero-order chi connectivity index (χ0) is 18.7. The van der Waals surface area contributed by atoms with Crippen LogP contribution in [0.25, 0.3) is 10.9 Å². The number of methoxy groups -OCH3 is 1. The number of benzene rings is 2. The number of hydrogen-bond acceptors (Lipinski definition) is 4. The molecule has 1 amide bonds. The number of ether oxygens (including phenoxy) is 1. The Bertz CT molecular complexity index is 944. The van der Waals surface area contributed by atoms with E-state index in [1.165, 1.54) is 19.2 Å². The molecular formula is C20H20N2O4. The predicted octanol–water partition coefficient (Wildman–Crippen LogP) is 2.43. The molecule has 0 saturated heterocycles. The van der Waals surface area contributed by atoms with Crippen LogP contribution in [0.1, 0.15) is 32.4 Å². The van der Waals surface area contributed by atoms with Crippen LogP contribution in [0.3, 0.4) is 0 Å². The number of nitrogens with zero attached hydrogens (tertiary/aromatic N) is 1. The van der Waals surface area contributed by atoms with Gasteiger partial charge in [0.2, 0.25) is 0 Å². The van der Waals surface area contributed by atoms with E-state index < -0.39 is 12.1 Å². The molecule has 134 valence electrons. The third kappa shape index (κ3) is 3.60. The summed E-state index contributed by atoms with van der Waals surface area (Å²) in [6.45, 7) is 0.0932. The molecule has 0 spiro atoms. The van der Waals surface area contributed by atoms with Crippen molar-refractivity contribution < 1.29 is 19.4 Å². The zero-order valence-corrected chi connectivity index (χ0v) is 14.6. The van der Waals surface area contributed by atoms with Gasteiger partial charge in [-0.3, -0.25) is 4.79 Å². The molecule has 1 aromatic heterocycles. The topological polar surface area (TPSA) is 80.6 Å². The van der Waals surface area contributed by atoms with Crippen molar-refractivity contribution in [2.45, 2.75) is 6.10 Å². The molecule has 1 atom stereocenters. The van der Waals surface area contributed by atoms with Gasteiger partial charge in [-0.2, -0.15) is 0 Å². The molecule has 0 saturated carbocycles. The lowest BCUT2D eigenvalue weighted by Crippen LogP contribution is -2.28. The van der Waals surface area contributed by atoms with Crippen molar-refractivity contribution in [3.05, 3.63) is 71.4 Å². The van der Waals surface area contributed by atoms with Gasteiger partial charge in [0.05, 0.1) is 18.8 Å². The maximum absolute atomic E-state index is 12.2. The molecule has 0 aliphatic rings. The molecular weight excluding hydrogens is 332 g/mol. The molecule has 6 heteroatoms. The minimum absolute atomic E-state index is 0.0932. The first kappa shape index (κ1) is 17.7. The Morgan fingerprint density at radius 1 is 1.12 bits per heavy atom. The lowest BCUT2D eigenvalue weighted by atomic mass is 10.1. The molecule has 2 N–H and O–H groups in total. The predicted molar refractivity (Wildman–Crippen MR) is 98.0 cm³/mol. The van der Waals surface area contributed by atoms with Crippen LogP contribution in [0, 0.1) is 0 Å². The molecule has 3 aromatic rings. The summed E-state index contributed by atoms with van der Waals surface area (Å²) < 4.78 is 6.63. The van der Waals surface area contributed by atoms with Crippen molar-refractivity contribution in [1.82, 2.24) is 9.88 Å². The molecule has 2 aromatic carbocycles. The van der Waals surface area contributed by atoms with Crippen LogP contribution in [0.5, 0.6) is 0 Å². The lowest BCUT2D eigenvalue weighted by molar-refractivity contribution is 0.0600. The summed E-state index contributed by atoms with van der Waals surface area (Å²) in [7, 11) is 3.27. The Balaban J connectivity index is 1.63. The van der Waals surface area contributed by atoms with Gasteiger partial charge < -0.3 is 19.7 Å². The summed E-state index contributed by atoms with van der Waals surface area (Å²) in [5.74, 6) is -0.773. The van der Waals surface area contributed by atoms with E-state index in [1.54, 1.807) is 12.1 Å². The summed E-state index contributed by atoms with van der Waals surface area (Å²) in [5, 5.41) is 14.1. The average molecular weight is 352 g/mol. The summed E-state index contributed by atoms with van der Waals surface area (Å²) in [6, 6.07) is 13.8. The number of hydrogen-bond donors (Lipinski definition) is 2. The number of nitrogens with one attached hydrogen (secondary N) is 1. The van der Waals surface area contributed by atoms with Gasteiger partial charge in [-0.1, -0.05) is 6.07 Å². The van der Waals surface area contributed by atoms with Crippen molar-refractivity contribution in [1.29, 1.82) is 0 Å². The Morgan fingerprint density at radius 3 is 2.50 bits per heavy atom.